The highest BCUT2D eigenvalue weighted by Crippen LogP contribution is 1.97. The Labute approximate surface area is 73.2 Å². The Morgan fingerprint density at radius 1 is 1.25 bits per heavy atom. The average Bonchev–Trinajstić information content (AvgIpc) is 2.14. The van der Waals surface area contributed by atoms with E-state index >= 15 is 0 Å². The van der Waals surface area contributed by atoms with Gasteiger partial charge in [-0.05, 0) is 12.5 Å². The van der Waals surface area contributed by atoms with E-state index in [4.69, 9.17) is 0 Å². The Bertz CT molecular complexity index is 198. The standard InChI is InChI=1S/C9H15N3/c1-2-3-4-6-10-9-11-7-5-8-12-9/h5,7-8H,2-4,6H2,1H3,(H,10,11,12). The smallest absolute Gasteiger partial charge is 0.222 e. The maximum Gasteiger partial charge on any atom is 0.222 e. The molecule has 0 radical (unpaired) electrons. The van der Waals surface area contributed by atoms with Gasteiger partial charge < -0.3 is 5.32 Å². The van der Waals surface area contributed by atoms with E-state index in [9.17, 15) is 0 Å². The van der Waals surface area contributed by atoms with Crippen LogP contribution in [0.2, 0.25) is 0 Å². The molecular formula is C9H15N3. The van der Waals surface area contributed by atoms with E-state index in [-0.39, 0.29) is 0 Å². The molecule has 0 aliphatic rings. The predicted molar refractivity (Wildman–Crippen MR) is 50.0 cm³/mol. The van der Waals surface area contributed by atoms with Crippen molar-refractivity contribution in [3.05, 3.63) is 18.5 Å². The molecule has 1 aromatic rings. The molecule has 0 saturated carbocycles. The number of anilines is 1. The number of aromatic nitrogens is 2. The number of unbranched alkanes of at least 4 members (excludes halogenated alkanes) is 2. The maximum absolute atomic E-state index is 4.05. The minimum Gasteiger partial charge on any atom is -0.354 e. The van der Waals surface area contributed by atoms with Crippen molar-refractivity contribution in [1.29, 1.82) is 0 Å². The van der Waals surface area contributed by atoms with E-state index in [1.807, 2.05) is 6.07 Å². The summed E-state index contributed by atoms with van der Waals surface area (Å²) in [5.74, 6) is 0.730. The van der Waals surface area contributed by atoms with Gasteiger partial charge in [-0.25, -0.2) is 9.97 Å². The molecule has 0 atom stereocenters. The first-order valence-corrected chi connectivity index (χ1v) is 4.44. The van der Waals surface area contributed by atoms with Gasteiger partial charge in [0, 0.05) is 18.9 Å². The minimum atomic E-state index is 0.730. The van der Waals surface area contributed by atoms with Crippen molar-refractivity contribution in [2.45, 2.75) is 26.2 Å². The molecule has 3 heteroatoms. The Balaban J connectivity index is 2.16. The second kappa shape index (κ2) is 5.52. The minimum absolute atomic E-state index is 0.730. The largest absolute Gasteiger partial charge is 0.354 e. The van der Waals surface area contributed by atoms with E-state index in [1.54, 1.807) is 12.4 Å². The fourth-order valence-corrected chi connectivity index (χ4v) is 0.966. The number of nitrogens with one attached hydrogen (secondary N) is 1. The van der Waals surface area contributed by atoms with Crippen LogP contribution in [0.4, 0.5) is 5.95 Å². The second-order valence-corrected chi connectivity index (χ2v) is 2.71. The Morgan fingerprint density at radius 3 is 2.67 bits per heavy atom. The van der Waals surface area contributed by atoms with Gasteiger partial charge in [-0.15, -0.1) is 0 Å². The molecule has 1 rings (SSSR count). The van der Waals surface area contributed by atoms with Crippen molar-refractivity contribution in [3.63, 3.8) is 0 Å². The number of hydrogen-bond acceptors (Lipinski definition) is 3. The zero-order valence-corrected chi connectivity index (χ0v) is 7.45. The second-order valence-electron chi connectivity index (χ2n) is 2.71. The molecule has 3 nitrogen and oxygen atoms in total. The van der Waals surface area contributed by atoms with Crippen LogP contribution in [0.5, 0.6) is 0 Å². The van der Waals surface area contributed by atoms with Crippen molar-refractivity contribution >= 4 is 5.95 Å². The summed E-state index contributed by atoms with van der Waals surface area (Å²) in [4.78, 5) is 8.11. The average molecular weight is 165 g/mol. The van der Waals surface area contributed by atoms with E-state index in [1.165, 1.54) is 19.3 Å². The van der Waals surface area contributed by atoms with Crippen molar-refractivity contribution < 1.29 is 0 Å². The molecule has 0 spiro atoms. The first kappa shape index (κ1) is 8.97. The van der Waals surface area contributed by atoms with E-state index in [0.29, 0.717) is 0 Å². The summed E-state index contributed by atoms with van der Waals surface area (Å²) in [5, 5.41) is 3.16. The molecule has 0 saturated heterocycles. The van der Waals surface area contributed by atoms with Crippen molar-refractivity contribution in [3.8, 4) is 0 Å². The van der Waals surface area contributed by atoms with Crippen LogP contribution in [-0.2, 0) is 0 Å². The highest BCUT2D eigenvalue weighted by Gasteiger charge is 1.90. The van der Waals surface area contributed by atoms with Crippen molar-refractivity contribution in [2.75, 3.05) is 11.9 Å². The predicted octanol–water partition coefficient (Wildman–Crippen LogP) is 2.08. The Morgan fingerprint density at radius 2 is 2.00 bits per heavy atom. The lowest BCUT2D eigenvalue weighted by atomic mass is 10.2. The van der Waals surface area contributed by atoms with Crippen LogP contribution in [0.25, 0.3) is 0 Å². The fourth-order valence-electron chi connectivity index (χ4n) is 0.966. The molecule has 12 heavy (non-hydrogen) atoms. The molecule has 66 valence electrons. The van der Waals surface area contributed by atoms with Gasteiger partial charge in [0.2, 0.25) is 5.95 Å². The third-order valence-electron chi connectivity index (χ3n) is 1.63. The third kappa shape index (κ3) is 3.32. The zero-order valence-electron chi connectivity index (χ0n) is 7.45. The molecule has 1 aromatic heterocycles. The highest BCUT2D eigenvalue weighted by molar-refractivity contribution is 5.21. The van der Waals surface area contributed by atoms with Gasteiger partial charge in [0.1, 0.15) is 0 Å². The van der Waals surface area contributed by atoms with Gasteiger partial charge in [-0.2, -0.15) is 0 Å². The zero-order chi connectivity index (χ0) is 8.65. The molecule has 0 bridgehead atoms. The summed E-state index contributed by atoms with van der Waals surface area (Å²) in [6, 6.07) is 1.82. The van der Waals surface area contributed by atoms with Gasteiger partial charge in [-0.1, -0.05) is 19.8 Å². The molecule has 0 aromatic carbocycles. The molecule has 0 aliphatic carbocycles. The van der Waals surface area contributed by atoms with E-state index in [0.717, 1.165) is 12.5 Å². The number of hydrogen-bond donors (Lipinski definition) is 1. The summed E-state index contributed by atoms with van der Waals surface area (Å²) >= 11 is 0. The van der Waals surface area contributed by atoms with Gasteiger partial charge in [0.25, 0.3) is 0 Å². The summed E-state index contributed by atoms with van der Waals surface area (Å²) in [6.45, 7) is 3.16. The lowest BCUT2D eigenvalue weighted by molar-refractivity contribution is 0.740. The lowest BCUT2D eigenvalue weighted by Crippen LogP contribution is -2.04. The molecule has 1 heterocycles. The van der Waals surface area contributed by atoms with Crippen LogP contribution in [-0.4, -0.2) is 16.5 Å². The van der Waals surface area contributed by atoms with Gasteiger partial charge in [-0.3, -0.25) is 0 Å². The van der Waals surface area contributed by atoms with Crippen molar-refractivity contribution in [2.24, 2.45) is 0 Å². The summed E-state index contributed by atoms with van der Waals surface area (Å²) < 4.78 is 0. The van der Waals surface area contributed by atoms with Crippen LogP contribution >= 0.6 is 0 Å². The van der Waals surface area contributed by atoms with Gasteiger partial charge >= 0.3 is 0 Å². The first-order valence-electron chi connectivity index (χ1n) is 4.44. The van der Waals surface area contributed by atoms with Crippen molar-refractivity contribution in [1.82, 2.24) is 9.97 Å². The molecule has 0 fully saturated rings. The topological polar surface area (TPSA) is 37.8 Å². The Hall–Kier alpha value is -1.12. The first-order chi connectivity index (χ1) is 5.93. The number of nitrogens with zero attached hydrogens (tertiary/aromatic N) is 2. The highest BCUT2D eigenvalue weighted by atomic mass is 15.1. The van der Waals surface area contributed by atoms with Crippen LogP contribution in [0.3, 0.4) is 0 Å². The monoisotopic (exact) mass is 165 g/mol. The van der Waals surface area contributed by atoms with Crippen LogP contribution in [0.15, 0.2) is 18.5 Å². The fraction of sp³-hybridized carbons (Fsp3) is 0.556. The third-order valence-corrected chi connectivity index (χ3v) is 1.63. The van der Waals surface area contributed by atoms with Gasteiger partial charge in [0.15, 0.2) is 0 Å². The quantitative estimate of drug-likeness (QED) is 0.679. The van der Waals surface area contributed by atoms with Crippen LogP contribution in [0.1, 0.15) is 26.2 Å². The van der Waals surface area contributed by atoms with Gasteiger partial charge in [0.05, 0.1) is 0 Å². The molecule has 0 amide bonds. The van der Waals surface area contributed by atoms with E-state index < -0.39 is 0 Å². The molecular weight excluding hydrogens is 150 g/mol. The summed E-state index contributed by atoms with van der Waals surface area (Å²) in [5.41, 5.74) is 0. The summed E-state index contributed by atoms with van der Waals surface area (Å²) in [7, 11) is 0. The molecule has 0 unspecified atom stereocenters. The normalized spacial score (nSPS) is 9.75. The van der Waals surface area contributed by atoms with Crippen LogP contribution < -0.4 is 5.32 Å². The Kier molecular flexibility index (Phi) is 4.13. The number of rotatable bonds is 5. The van der Waals surface area contributed by atoms with E-state index in [2.05, 4.69) is 22.2 Å². The van der Waals surface area contributed by atoms with Crippen LogP contribution in [0, 0.1) is 0 Å². The lowest BCUT2D eigenvalue weighted by Gasteiger charge is -2.01. The SMILES string of the molecule is CCCCCNc1ncccn1. The molecule has 1 N–H and O–H groups in total. The summed E-state index contributed by atoms with van der Waals surface area (Å²) in [6.07, 6.45) is 7.19. The molecule has 0 aliphatic heterocycles. The maximum atomic E-state index is 4.05.